The van der Waals surface area contributed by atoms with Crippen LogP contribution >= 0.6 is 11.8 Å². The molecule has 2 aromatic carbocycles. The normalized spacial score (nSPS) is 19.4. The van der Waals surface area contributed by atoms with Crippen molar-refractivity contribution in [3.63, 3.8) is 0 Å². The number of amides is 3. The van der Waals surface area contributed by atoms with E-state index < -0.39 is 11.1 Å². The number of rotatable bonds is 6. The number of piperidine rings is 1. The number of ether oxygens (including phenoxy) is 1. The molecule has 2 aliphatic heterocycles. The Labute approximate surface area is 206 Å². The van der Waals surface area contributed by atoms with Gasteiger partial charge in [-0.15, -0.1) is 0 Å². The van der Waals surface area contributed by atoms with E-state index in [1.54, 1.807) is 42.2 Å². The van der Waals surface area contributed by atoms with E-state index in [1.807, 2.05) is 0 Å². The summed E-state index contributed by atoms with van der Waals surface area (Å²) < 4.78 is 18.2. The lowest BCUT2D eigenvalue weighted by atomic mass is 9.97. The molecule has 0 saturated carbocycles. The van der Waals surface area contributed by atoms with Crippen LogP contribution in [0.3, 0.4) is 0 Å². The van der Waals surface area contributed by atoms with Crippen LogP contribution in [-0.2, 0) is 20.9 Å². The number of nitrogens with zero attached hydrogens (tertiary/aromatic N) is 2. The Kier molecular flexibility index (Phi) is 7.65. The summed E-state index contributed by atoms with van der Waals surface area (Å²) in [6, 6.07) is 12.4. The zero-order valence-electron chi connectivity index (χ0n) is 19.2. The molecule has 0 bridgehead atoms. The van der Waals surface area contributed by atoms with Gasteiger partial charge in [-0.25, -0.2) is 4.39 Å². The monoisotopic (exact) mass is 496 g/mol. The van der Waals surface area contributed by atoms with Gasteiger partial charge in [-0.3, -0.25) is 24.1 Å². The van der Waals surface area contributed by atoms with Crippen LogP contribution in [0.25, 0.3) is 6.08 Å². The van der Waals surface area contributed by atoms with Crippen LogP contribution < -0.4 is 0 Å². The average Bonchev–Trinajstić information content (AvgIpc) is 3.13. The molecule has 0 aromatic heterocycles. The van der Waals surface area contributed by atoms with Gasteiger partial charge in [0.25, 0.3) is 17.1 Å². The number of thioether (sulfide) groups is 1. The van der Waals surface area contributed by atoms with E-state index in [9.17, 15) is 23.6 Å². The molecule has 182 valence electrons. The molecule has 0 aliphatic carbocycles. The number of esters is 1. The molecule has 0 N–H and O–H groups in total. The number of benzene rings is 2. The van der Waals surface area contributed by atoms with Crippen LogP contribution in [0.5, 0.6) is 0 Å². The molecule has 2 aromatic rings. The van der Waals surface area contributed by atoms with Gasteiger partial charge >= 0.3 is 5.97 Å². The van der Waals surface area contributed by atoms with Crippen molar-refractivity contribution in [2.24, 2.45) is 5.92 Å². The fourth-order valence-corrected chi connectivity index (χ4v) is 4.92. The summed E-state index contributed by atoms with van der Waals surface area (Å²) >= 11 is 0.845. The molecule has 7 nitrogen and oxygen atoms in total. The quantitative estimate of drug-likeness (QED) is 0.433. The van der Waals surface area contributed by atoms with Crippen LogP contribution in [0.15, 0.2) is 53.4 Å². The maximum Gasteiger partial charge on any atom is 0.310 e. The van der Waals surface area contributed by atoms with Crippen molar-refractivity contribution < 1.29 is 28.3 Å². The summed E-state index contributed by atoms with van der Waals surface area (Å²) in [6.45, 7) is 3.06. The Morgan fingerprint density at radius 3 is 2.51 bits per heavy atom. The first-order valence-electron chi connectivity index (χ1n) is 11.4. The Hall–Kier alpha value is -3.46. The van der Waals surface area contributed by atoms with Gasteiger partial charge in [-0.1, -0.05) is 24.3 Å². The van der Waals surface area contributed by atoms with Crippen molar-refractivity contribution in [1.82, 2.24) is 9.80 Å². The van der Waals surface area contributed by atoms with E-state index in [2.05, 4.69) is 0 Å². The second-order valence-corrected chi connectivity index (χ2v) is 9.35. The topological polar surface area (TPSA) is 84.0 Å². The van der Waals surface area contributed by atoms with Gasteiger partial charge in [0.15, 0.2) is 0 Å². The van der Waals surface area contributed by atoms with Gasteiger partial charge in [-0.2, -0.15) is 0 Å². The highest BCUT2D eigenvalue weighted by molar-refractivity contribution is 8.18. The lowest BCUT2D eigenvalue weighted by molar-refractivity contribution is -0.149. The molecule has 3 amide bonds. The standard InChI is InChI=1S/C26H25FN2O5S/c1-2-34-25(32)20-4-3-13-28(16-20)23(30)19-9-5-17(6-10-19)14-22-24(31)29(26(33)35-22)15-18-7-11-21(27)12-8-18/h5-12,14,20H,2-4,13,15-16H2,1H3. The second kappa shape index (κ2) is 10.9. The number of halogens is 1. The number of carbonyl (C=O) groups is 4. The fraction of sp³-hybridized carbons (Fsp3) is 0.308. The van der Waals surface area contributed by atoms with Crippen LogP contribution in [0, 0.1) is 11.7 Å². The van der Waals surface area contributed by atoms with E-state index in [1.165, 1.54) is 24.3 Å². The van der Waals surface area contributed by atoms with Crippen molar-refractivity contribution in [2.45, 2.75) is 26.3 Å². The molecule has 2 fully saturated rings. The largest absolute Gasteiger partial charge is 0.466 e. The van der Waals surface area contributed by atoms with Gasteiger partial charge in [0.2, 0.25) is 0 Å². The molecule has 35 heavy (non-hydrogen) atoms. The first-order chi connectivity index (χ1) is 16.9. The molecule has 0 radical (unpaired) electrons. The maximum absolute atomic E-state index is 13.1. The predicted octanol–water partition coefficient (Wildman–Crippen LogP) is 4.48. The van der Waals surface area contributed by atoms with Gasteiger partial charge in [0.1, 0.15) is 5.82 Å². The Morgan fingerprint density at radius 1 is 1.11 bits per heavy atom. The third-order valence-corrected chi connectivity index (χ3v) is 6.82. The molecular formula is C26H25FN2O5S. The lowest BCUT2D eigenvalue weighted by Gasteiger charge is -2.31. The zero-order valence-corrected chi connectivity index (χ0v) is 20.1. The van der Waals surface area contributed by atoms with E-state index >= 15 is 0 Å². The Bertz CT molecular complexity index is 1160. The van der Waals surface area contributed by atoms with Crippen molar-refractivity contribution >= 4 is 40.9 Å². The molecule has 1 atom stereocenters. The number of hydrogen-bond donors (Lipinski definition) is 0. The lowest BCUT2D eigenvalue weighted by Crippen LogP contribution is -2.42. The summed E-state index contributed by atoms with van der Waals surface area (Å²) in [7, 11) is 0. The molecule has 1 unspecified atom stereocenters. The van der Waals surface area contributed by atoms with Gasteiger partial charge in [-0.05, 0) is 73.0 Å². The number of likely N-dealkylation sites (tertiary alicyclic amines) is 1. The highest BCUT2D eigenvalue weighted by Gasteiger charge is 2.35. The number of hydrogen-bond acceptors (Lipinski definition) is 6. The van der Waals surface area contributed by atoms with Crippen LogP contribution in [-0.4, -0.2) is 52.5 Å². The highest BCUT2D eigenvalue weighted by Crippen LogP contribution is 2.33. The average molecular weight is 497 g/mol. The van der Waals surface area contributed by atoms with E-state index in [4.69, 9.17) is 4.74 Å². The molecule has 4 rings (SSSR count). The van der Waals surface area contributed by atoms with Crippen LogP contribution in [0.4, 0.5) is 9.18 Å². The molecular weight excluding hydrogens is 471 g/mol. The smallest absolute Gasteiger partial charge is 0.310 e. The van der Waals surface area contributed by atoms with E-state index in [-0.39, 0.29) is 35.1 Å². The second-order valence-electron chi connectivity index (χ2n) is 8.36. The molecule has 9 heteroatoms. The SMILES string of the molecule is CCOC(=O)C1CCCN(C(=O)c2ccc(C=C3SC(=O)N(Cc4ccc(F)cc4)C3=O)cc2)C1. The highest BCUT2D eigenvalue weighted by atomic mass is 32.2. The minimum absolute atomic E-state index is 0.0678. The van der Waals surface area contributed by atoms with Crippen LogP contribution in [0.1, 0.15) is 41.3 Å². The molecule has 2 heterocycles. The summed E-state index contributed by atoms with van der Waals surface area (Å²) in [4.78, 5) is 53.2. The van der Waals surface area contributed by atoms with Crippen molar-refractivity contribution in [2.75, 3.05) is 19.7 Å². The Balaban J connectivity index is 1.41. The van der Waals surface area contributed by atoms with Gasteiger partial charge in [0, 0.05) is 18.7 Å². The predicted molar refractivity (Wildman–Crippen MR) is 130 cm³/mol. The maximum atomic E-state index is 13.1. The summed E-state index contributed by atoms with van der Waals surface area (Å²) in [5.41, 5.74) is 1.81. The van der Waals surface area contributed by atoms with Gasteiger partial charge in [0.05, 0.1) is 24.0 Å². The number of carbonyl (C=O) groups excluding carboxylic acids is 4. The minimum Gasteiger partial charge on any atom is -0.466 e. The molecule has 2 aliphatic rings. The zero-order chi connectivity index (χ0) is 24.9. The fourth-order valence-electron chi connectivity index (χ4n) is 4.08. The first kappa shape index (κ1) is 24.7. The third kappa shape index (κ3) is 5.79. The van der Waals surface area contributed by atoms with Crippen LogP contribution in [0.2, 0.25) is 0 Å². The molecule has 2 saturated heterocycles. The first-order valence-corrected chi connectivity index (χ1v) is 12.2. The van der Waals surface area contributed by atoms with Crippen molar-refractivity contribution in [3.05, 3.63) is 75.9 Å². The van der Waals surface area contributed by atoms with E-state index in [0.29, 0.717) is 42.8 Å². The molecule has 0 spiro atoms. The minimum atomic E-state index is -0.414. The summed E-state index contributed by atoms with van der Waals surface area (Å²) in [5, 5.41) is -0.390. The summed E-state index contributed by atoms with van der Waals surface area (Å²) in [5.74, 6) is -1.54. The summed E-state index contributed by atoms with van der Waals surface area (Å²) in [6.07, 6.45) is 3.06. The van der Waals surface area contributed by atoms with Crippen molar-refractivity contribution in [3.8, 4) is 0 Å². The van der Waals surface area contributed by atoms with Crippen molar-refractivity contribution in [1.29, 1.82) is 0 Å². The number of imide groups is 1. The Morgan fingerprint density at radius 2 is 1.83 bits per heavy atom. The van der Waals surface area contributed by atoms with E-state index in [0.717, 1.165) is 23.1 Å². The van der Waals surface area contributed by atoms with Gasteiger partial charge < -0.3 is 9.64 Å². The third-order valence-electron chi connectivity index (χ3n) is 5.91.